The number of ether oxygens (including phenoxy) is 1. The molecule has 140 valence electrons. The molecule has 0 aliphatic carbocycles. The standard InChI is InChI=1S/C19H25N3O4/c1-4-13-19(2,18(24)25-3)20-15(23)11-8-12-16-21-22-17(26-16)14-9-6-5-7-10-14/h5-7,9-10H,4,8,11-13H2,1-3H3,(H,20,23). The van der Waals surface area contributed by atoms with Crippen LogP contribution in [-0.4, -0.2) is 34.7 Å². The van der Waals surface area contributed by atoms with Crippen molar-refractivity contribution >= 4 is 11.9 Å². The van der Waals surface area contributed by atoms with Gasteiger partial charge in [-0.2, -0.15) is 0 Å². The summed E-state index contributed by atoms with van der Waals surface area (Å²) in [4.78, 5) is 24.1. The first-order valence-corrected chi connectivity index (χ1v) is 8.75. The third kappa shape index (κ3) is 5.15. The van der Waals surface area contributed by atoms with E-state index in [-0.39, 0.29) is 12.3 Å². The highest BCUT2D eigenvalue weighted by atomic mass is 16.5. The van der Waals surface area contributed by atoms with Crippen LogP contribution in [0.4, 0.5) is 0 Å². The Bertz CT molecular complexity index is 729. The number of benzene rings is 1. The number of aryl methyl sites for hydroxylation is 1. The fourth-order valence-corrected chi connectivity index (χ4v) is 2.76. The number of hydrogen-bond donors (Lipinski definition) is 1. The molecular weight excluding hydrogens is 334 g/mol. The van der Waals surface area contributed by atoms with Crippen molar-refractivity contribution in [3.8, 4) is 11.5 Å². The maximum atomic E-state index is 12.2. The van der Waals surface area contributed by atoms with Gasteiger partial charge in [-0.3, -0.25) is 4.79 Å². The molecule has 0 aliphatic heterocycles. The van der Waals surface area contributed by atoms with Crippen LogP contribution in [0.2, 0.25) is 0 Å². The van der Waals surface area contributed by atoms with Crippen LogP contribution in [0.1, 0.15) is 45.4 Å². The molecule has 1 N–H and O–H groups in total. The van der Waals surface area contributed by atoms with E-state index in [1.54, 1.807) is 6.92 Å². The van der Waals surface area contributed by atoms with Gasteiger partial charge in [0.05, 0.1) is 7.11 Å². The number of nitrogens with zero attached hydrogens (tertiary/aromatic N) is 2. The van der Waals surface area contributed by atoms with Crippen molar-refractivity contribution in [2.24, 2.45) is 0 Å². The Morgan fingerprint density at radius 2 is 1.96 bits per heavy atom. The summed E-state index contributed by atoms with van der Waals surface area (Å²) in [6.07, 6.45) is 2.59. The molecular formula is C19H25N3O4. The van der Waals surface area contributed by atoms with E-state index < -0.39 is 11.5 Å². The molecule has 1 amide bonds. The summed E-state index contributed by atoms with van der Waals surface area (Å²) in [5.41, 5.74) is -0.136. The predicted octanol–water partition coefficient (Wildman–Crippen LogP) is 2.91. The number of amides is 1. The number of carbonyl (C=O) groups excluding carboxylic acids is 2. The summed E-state index contributed by atoms with van der Waals surface area (Å²) in [5.74, 6) is 0.318. The molecule has 0 spiro atoms. The van der Waals surface area contributed by atoms with Gasteiger partial charge in [-0.25, -0.2) is 4.79 Å². The van der Waals surface area contributed by atoms with E-state index in [4.69, 9.17) is 9.15 Å². The average molecular weight is 359 g/mol. The van der Waals surface area contributed by atoms with E-state index in [0.717, 1.165) is 12.0 Å². The third-order valence-electron chi connectivity index (χ3n) is 4.08. The Balaban J connectivity index is 1.85. The summed E-state index contributed by atoms with van der Waals surface area (Å²) < 4.78 is 10.4. The second kappa shape index (κ2) is 9.12. The first kappa shape index (κ1) is 19.6. The van der Waals surface area contributed by atoms with Crippen molar-refractivity contribution in [2.75, 3.05) is 7.11 Å². The number of carbonyl (C=O) groups is 2. The number of aromatic nitrogens is 2. The molecule has 1 aromatic heterocycles. The molecule has 0 saturated carbocycles. The van der Waals surface area contributed by atoms with Crippen LogP contribution in [0.3, 0.4) is 0 Å². The lowest BCUT2D eigenvalue weighted by Crippen LogP contribution is -2.52. The zero-order chi connectivity index (χ0) is 19.0. The van der Waals surface area contributed by atoms with Gasteiger partial charge >= 0.3 is 5.97 Å². The van der Waals surface area contributed by atoms with E-state index in [9.17, 15) is 9.59 Å². The van der Waals surface area contributed by atoms with Crippen molar-refractivity contribution in [1.29, 1.82) is 0 Å². The van der Waals surface area contributed by atoms with E-state index in [2.05, 4.69) is 15.5 Å². The molecule has 26 heavy (non-hydrogen) atoms. The van der Waals surface area contributed by atoms with Crippen LogP contribution < -0.4 is 5.32 Å². The summed E-state index contributed by atoms with van der Waals surface area (Å²) in [6, 6.07) is 9.51. The molecule has 2 aromatic rings. The Morgan fingerprint density at radius 3 is 2.62 bits per heavy atom. The maximum absolute atomic E-state index is 12.2. The first-order chi connectivity index (χ1) is 12.5. The first-order valence-electron chi connectivity index (χ1n) is 8.75. The lowest BCUT2D eigenvalue weighted by Gasteiger charge is -2.27. The van der Waals surface area contributed by atoms with Gasteiger partial charge in [0.2, 0.25) is 17.7 Å². The number of methoxy groups -OCH3 is 1. The van der Waals surface area contributed by atoms with Crippen molar-refractivity contribution in [3.05, 3.63) is 36.2 Å². The van der Waals surface area contributed by atoms with Crippen LogP contribution in [-0.2, 0) is 20.7 Å². The highest BCUT2D eigenvalue weighted by molar-refractivity contribution is 5.87. The van der Waals surface area contributed by atoms with Gasteiger partial charge in [-0.15, -0.1) is 10.2 Å². The molecule has 1 unspecified atom stereocenters. The van der Waals surface area contributed by atoms with E-state index in [1.807, 2.05) is 37.3 Å². The minimum absolute atomic E-state index is 0.200. The van der Waals surface area contributed by atoms with Gasteiger partial charge in [0, 0.05) is 18.4 Å². The average Bonchev–Trinajstić information content (AvgIpc) is 3.10. The molecule has 0 saturated heterocycles. The van der Waals surface area contributed by atoms with Gasteiger partial charge in [0.25, 0.3) is 0 Å². The van der Waals surface area contributed by atoms with E-state index in [1.165, 1.54) is 7.11 Å². The Labute approximate surface area is 153 Å². The molecule has 2 rings (SSSR count). The van der Waals surface area contributed by atoms with Crippen molar-refractivity contribution in [3.63, 3.8) is 0 Å². The zero-order valence-electron chi connectivity index (χ0n) is 15.4. The quantitative estimate of drug-likeness (QED) is 0.692. The molecule has 1 aromatic carbocycles. The molecule has 7 heteroatoms. The lowest BCUT2D eigenvalue weighted by atomic mass is 9.96. The molecule has 0 radical (unpaired) electrons. The largest absolute Gasteiger partial charge is 0.467 e. The molecule has 7 nitrogen and oxygen atoms in total. The summed E-state index contributed by atoms with van der Waals surface area (Å²) in [6.45, 7) is 3.64. The summed E-state index contributed by atoms with van der Waals surface area (Å²) >= 11 is 0. The van der Waals surface area contributed by atoms with Crippen LogP contribution in [0.5, 0.6) is 0 Å². The number of hydrogen-bond acceptors (Lipinski definition) is 6. The van der Waals surface area contributed by atoms with Gasteiger partial charge in [0.15, 0.2) is 0 Å². The highest BCUT2D eigenvalue weighted by Gasteiger charge is 2.34. The minimum atomic E-state index is -0.994. The van der Waals surface area contributed by atoms with Crippen LogP contribution >= 0.6 is 0 Å². The van der Waals surface area contributed by atoms with Gasteiger partial charge in [0.1, 0.15) is 5.54 Å². The summed E-state index contributed by atoms with van der Waals surface area (Å²) in [5, 5.41) is 10.8. The fraction of sp³-hybridized carbons (Fsp3) is 0.474. The van der Waals surface area contributed by atoms with Crippen LogP contribution in [0.15, 0.2) is 34.7 Å². The van der Waals surface area contributed by atoms with E-state index in [0.29, 0.717) is 31.0 Å². The smallest absolute Gasteiger partial charge is 0.331 e. The molecule has 0 aliphatic rings. The molecule has 0 bridgehead atoms. The Morgan fingerprint density at radius 1 is 1.23 bits per heavy atom. The zero-order valence-corrected chi connectivity index (χ0v) is 15.4. The Hall–Kier alpha value is -2.70. The van der Waals surface area contributed by atoms with Gasteiger partial charge < -0.3 is 14.5 Å². The van der Waals surface area contributed by atoms with E-state index >= 15 is 0 Å². The lowest BCUT2D eigenvalue weighted by molar-refractivity contribution is -0.150. The predicted molar refractivity (Wildman–Crippen MR) is 96.1 cm³/mol. The second-order valence-corrected chi connectivity index (χ2v) is 6.34. The maximum Gasteiger partial charge on any atom is 0.331 e. The summed E-state index contributed by atoms with van der Waals surface area (Å²) in [7, 11) is 1.32. The SMILES string of the molecule is CCCC(C)(NC(=O)CCCc1nnc(-c2ccccc2)o1)C(=O)OC. The van der Waals surface area contributed by atoms with Gasteiger partial charge in [-0.05, 0) is 31.9 Å². The minimum Gasteiger partial charge on any atom is -0.467 e. The second-order valence-electron chi connectivity index (χ2n) is 6.34. The third-order valence-corrected chi connectivity index (χ3v) is 4.08. The highest BCUT2D eigenvalue weighted by Crippen LogP contribution is 2.18. The normalized spacial score (nSPS) is 13.0. The fourth-order valence-electron chi connectivity index (χ4n) is 2.76. The monoisotopic (exact) mass is 359 g/mol. The molecule has 0 fully saturated rings. The Kier molecular flexibility index (Phi) is 6.89. The molecule has 1 heterocycles. The topological polar surface area (TPSA) is 94.3 Å². The van der Waals surface area contributed by atoms with Crippen molar-refractivity contribution in [2.45, 2.75) is 51.5 Å². The van der Waals surface area contributed by atoms with Crippen LogP contribution in [0.25, 0.3) is 11.5 Å². The number of nitrogens with one attached hydrogen (secondary N) is 1. The number of esters is 1. The molecule has 1 atom stereocenters. The van der Waals surface area contributed by atoms with Crippen molar-refractivity contribution in [1.82, 2.24) is 15.5 Å². The van der Waals surface area contributed by atoms with Gasteiger partial charge in [-0.1, -0.05) is 31.5 Å². The number of rotatable bonds is 9. The van der Waals surface area contributed by atoms with Crippen LogP contribution in [0, 0.1) is 0 Å². The van der Waals surface area contributed by atoms with Crippen molar-refractivity contribution < 1.29 is 18.7 Å².